The van der Waals surface area contributed by atoms with E-state index in [1.165, 1.54) is 12.1 Å². The number of methoxy groups -OCH3 is 1. The zero-order valence-corrected chi connectivity index (χ0v) is 19.9. The Morgan fingerprint density at radius 3 is 2.45 bits per heavy atom. The number of imidazole rings is 1. The SMILES string of the molecule is COc1ccccc1C(Nc1ccc(S(=O)(=O)NC(C)(C)C)cc1[N+](=O)[O-])c1nccn1C. The topological polar surface area (TPSA) is 128 Å². The van der Waals surface area contributed by atoms with E-state index in [1.807, 2.05) is 25.2 Å². The van der Waals surface area contributed by atoms with Crippen LogP contribution in [0.1, 0.15) is 38.2 Å². The second-order valence-electron chi connectivity index (χ2n) is 8.51. The van der Waals surface area contributed by atoms with Crippen LogP contribution in [-0.2, 0) is 17.1 Å². The molecule has 0 bridgehead atoms. The molecule has 1 heterocycles. The molecule has 176 valence electrons. The third-order valence-electron chi connectivity index (χ3n) is 4.78. The third-order valence-corrected chi connectivity index (χ3v) is 6.54. The summed E-state index contributed by atoms with van der Waals surface area (Å²) in [5.41, 5.74) is -0.248. The van der Waals surface area contributed by atoms with Crippen molar-refractivity contribution in [1.29, 1.82) is 0 Å². The number of rotatable bonds is 8. The van der Waals surface area contributed by atoms with Crippen molar-refractivity contribution < 1.29 is 18.1 Å². The molecule has 2 aromatic carbocycles. The zero-order valence-electron chi connectivity index (χ0n) is 19.1. The highest BCUT2D eigenvalue weighted by molar-refractivity contribution is 7.89. The molecule has 0 aliphatic carbocycles. The van der Waals surface area contributed by atoms with Gasteiger partial charge in [0.25, 0.3) is 5.69 Å². The van der Waals surface area contributed by atoms with Crippen molar-refractivity contribution in [2.75, 3.05) is 12.4 Å². The number of para-hydroxylation sites is 1. The van der Waals surface area contributed by atoms with Gasteiger partial charge in [0.15, 0.2) is 0 Å². The van der Waals surface area contributed by atoms with Crippen molar-refractivity contribution in [1.82, 2.24) is 14.3 Å². The van der Waals surface area contributed by atoms with E-state index in [4.69, 9.17) is 4.74 Å². The standard InChI is InChI=1S/C22H27N5O5S/c1-22(2,3)25-33(30,31)15-10-11-17(18(14-15)27(28)29)24-20(21-23-12-13-26(21)4)16-8-6-7-9-19(16)32-5/h6-14,20,24-25H,1-5H3. The van der Waals surface area contributed by atoms with Gasteiger partial charge in [-0.15, -0.1) is 0 Å². The van der Waals surface area contributed by atoms with Crippen LogP contribution in [0.15, 0.2) is 59.8 Å². The van der Waals surface area contributed by atoms with Gasteiger partial charge in [-0.2, -0.15) is 0 Å². The number of aromatic nitrogens is 2. The molecule has 0 amide bonds. The molecule has 0 radical (unpaired) electrons. The first kappa shape index (κ1) is 24.2. The minimum atomic E-state index is -3.95. The van der Waals surface area contributed by atoms with Crippen molar-refractivity contribution >= 4 is 21.4 Å². The van der Waals surface area contributed by atoms with Crippen molar-refractivity contribution in [3.63, 3.8) is 0 Å². The Kier molecular flexibility index (Phi) is 6.75. The van der Waals surface area contributed by atoms with Crippen LogP contribution in [0.4, 0.5) is 11.4 Å². The van der Waals surface area contributed by atoms with E-state index in [1.54, 1.807) is 50.9 Å². The first-order valence-electron chi connectivity index (χ1n) is 10.1. The number of nitro benzene ring substituents is 1. The number of hydrogen-bond acceptors (Lipinski definition) is 7. The van der Waals surface area contributed by atoms with E-state index < -0.39 is 26.5 Å². The van der Waals surface area contributed by atoms with Crippen LogP contribution < -0.4 is 14.8 Å². The molecule has 0 saturated carbocycles. The van der Waals surface area contributed by atoms with E-state index in [2.05, 4.69) is 15.0 Å². The maximum atomic E-state index is 12.7. The van der Waals surface area contributed by atoms with Gasteiger partial charge in [0.05, 0.1) is 16.9 Å². The highest BCUT2D eigenvalue weighted by Crippen LogP contribution is 2.36. The monoisotopic (exact) mass is 473 g/mol. The number of nitrogens with one attached hydrogen (secondary N) is 2. The van der Waals surface area contributed by atoms with Gasteiger partial charge in [-0.3, -0.25) is 10.1 Å². The largest absolute Gasteiger partial charge is 0.496 e. The highest BCUT2D eigenvalue weighted by Gasteiger charge is 2.28. The molecule has 0 saturated heterocycles. The number of nitrogens with zero attached hydrogens (tertiary/aromatic N) is 3. The Balaban J connectivity index is 2.10. The lowest BCUT2D eigenvalue weighted by atomic mass is 10.0. The van der Waals surface area contributed by atoms with Gasteiger partial charge < -0.3 is 14.6 Å². The summed E-state index contributed by atoms with van der Waals surface area (Å²) in [6, 6.07) is 10.4. The summed E-state index contributed by atoms with van der Waals surface area (Å²) in [5.74, 6) is 1.18. The molecule has 3 aromatic rings. The molecule has 2 N–H and O–H groups in total. The smallest absolute Gasteiger partial charge is 0.293 e. The first-order valence-corrected chi connectivity index (χ1v) is 11.6. The number of anilines is 1. The van der Waals surface area contributed by atoms with Crippen molar-refractivity contribution in [2.24, 2.45) is 7.05 Å². The molecule has 0 fully saturated rings. The van der Waals surface area contributed by atoms with E-state index in [0.29, 0.717) is 11.6 Å². The summed E-state index contributed by atoms with van der Waals surface area (Å²) in [4.78, 5) is 15.5. The van der Waals surface area contributed by atoms with Gasteiger partial charge in [0.2, 0.25) is 10.0 Å². The molecule has 1 aromatic heterocycles. The van der Waals surface area contributed by atoms with E-state index in [0.717, 1.165) is 11.6 Å². The van der Waals surface area contributed by atoms with Crippen molar-refractivity contribution in [2.45, 2.75) is 37.2 Å². The summed E-state index contributed by atoms with van der Waals surface area (Å²) < 4.78 is 35.2. The lowest BCUT2D eigenvalue weighted by Crippen LogP contribution is -2.40. The summed E-state index contributed by atoms with van der Waals surface area (Å²) in [6.45, 7) is 5.08. The molecule has 11 heteroatoms. The highest BCUT2D eigenvalue weighted by atomic mass is 32.2. The number of hydrogen-bond donors (Lipinski definition) is 2. The maximum absolute atomic E-state index is 12.7. The lowest BCUT2D eigenvalue weighted by Gasteiger charge is -2.23. The molecular formula is C22H27N5O5S. The fourth-order valence-electron chi connectivity index (χ4n) is 3.41. The Bertz CT molecular complexity index is 1260. The van der Waals surface area contributed by atoms with Crippen LogP contribution in [0.3, 0.4) is 0 Å². The van der Waals surface area contributed by atoms with E-state index in [9.17, 15) is 18.5 Å². The van der Waals surface area contributed by atoms with Crippen molar-refractivity contribution in [3.05, 3.63) is 76.4 Å². The number of benzene rings is 2. The summed E-state index contributed by atoms with van der Waals surface area (Å²) in [7, 11) is -0.596. The quantitative estimate of drug-likeness (QED) is 0.378. The third kappa shape index (κ3) is 5.49. The molecule has 33 heavy (non-hydrogen) atoms. The van der Waals surface area contributed by atoms with Gasteiger partial charge in [0, 0.05) is 36.6 Å². The van der Waals surface area contributed by atoms with Gasteiger partial charge in [-0.1, -0.05) is 18.2 Å². The summed E-state index contributed by atoms with van der Waals surface area (Å²) >= 11 is 0. The molecule has 1 atom stereocenters. The van der Waals surface area contributed by atoms with Gasteiger partial charge in [0.1, 0.15) is 23.3 Å². The van der Waals surface area contributed by atoms with Crippen LogP contribution >= 0.6 is 0 Å². The van der Waals surface area contributed by atoms with E-state index >= 15 is 0 Å². The molecular weight excluding hydrogens is 446 g/mol. The predicted octanol–water partition coefficient (Wildman–Crippen LogP) is 3.62. The fraction of sp³-hybridized carbons (Fsp3) is 0.318. The van der Waals surface area contributed by atoms with E-state index in [-0.39, 0.29) is 16.3 Å². The summed E-state index contributed by atoms with van der Waals surface area (Å²) in [6.07, 6.45) is 3.39. The molecule has 1 unspecified atom stereocenters. The minimum absolute atomic E-state index is 0.147. The van der Waals surface area contributed by atoms with Gasteiger partial charge in [-0.05, 0) is 39.0 Å². The number of aryl methyl sites for hydroxylation is 1. The lowest BCUT2D eigenvalue weighted by molar-refractivity contribution is -0.384. The molecule has 3 rings (SSSR count). The average Bonchev–Trinajstić information content (AvgIpc) is 3.15. The second kappa shape index (κ2) is 9.20. The predicted molar refractivity (Wildman–Crippen MR) is 125 cm³/mol. The molecule has 0 spiro atoms. The number of ether oxygens (including phenoxy) is 1. The minimum Gasteiger partial charge on any atom is -0.496 e. The maximum Gasteiger partial charge on any atom is 0.293 e. The second-order valence-corrected chi connectivity index (χ2v) is 10.2. The molecule has 0 aliphatic rings. The Morgan fingerprint density at radius 2 is 1.88 bits per heavy atom. The number of nitro groups is 1. The van der Waals surface area contributed by atoms with Crippen LogP contribution in [-0.4, -0.2) is 35.5 Å². The Hall–Kier alpha value is -3.44. The normalized spacial score (nSPS) is 12.9. The van der Waals surface area contributed by atoms with Crippen LogP contribution in [0, 0.1) is 10.1 Å². The molecule has 10 nitrogen and oxygen atoms in total. The average molecular weight is 474 g/mol. The van der Waals surface area contributed by atoms with Crippen LogP contribution in [0.5, 0.6) is 5.75 Å². The first-order chi connectivity index (χ1) is 15.4. The van der Waals surface area contributed by atoms with Crippen molar-refractivity contribution in [3.8, 4) is 5.75 Å². The zero-order chi connectivity index (χ0) is 24.4. The Morgan fingerprint density at radius 1 is 1.18 bits per heavy atom. The van der Waals surface area contributed by atoms with Gasteiger partial charge >= 0.3 is 0 Å². The fourth-order valence-corrected chi connectivity index (χ4v) is 4.85. The Labute approximate surface area is 192 Å². The summed E-state index contributed by atoms with van der Waals surface area (Å²) in [5, 5.41) is 15.1. The number of sulfonamides is 1. The van der Waals surface area contributed by atoms with Crippen LogP contribution in [0.2, 0.25) is 0 Å². The van der Waals surface area contributed by atoms with Gasteiger partial charge in [-0.25, -0.2) is 18.1 Å². The molecule has 0 aliphatic heterocycles. The van der Waals surface area contributed by atoms with Crippen LogP contribution in [0.25, 0.3) is 0 Å².